The summed E-state index contributed by atoms with van der Waals surface area (Å²) in [7, 11) is -3.31. The molecule has 0 aromatic heterocycles. The van der Waals surface area contributed by atoms with Crippen LogP contribution in [0.5, 0.6) is 0 Å². The summed E-state index contributed by atoms with van der Waals surface area (Å²) >= 11 is -0.111. The summed E-state index contributed by atoms with van der Waals surface area (Å²) in [5, 5.41) is 0. The molecule has 21 heavy (non-hydrogen) atoms. The van der Waals surface area contributed by atoms with E-state index in [9.17, 15) is 8.42 Å². The number of rotatable bonds is 14. The Labute approximate surface area is 140 Å². The van der Waals surface area contributed by atoms with Gasteiger partial charge in [-0.15, -0.1) is 0 Å². The molecular formula is C16H34AgO3S. The van der Waals surface area contributed by atoms with E-state index in [0.29, 0.717) is 18.4 Å². The third-order valence-electron chi connectivity index (χ3n) is 3.85. The van der Waals surface area contributed by atoms with Crippen molar-refractivity contribution in [2.45, 2.75) is 83.7 Å². The molecule has 0 amide bonds. The quantitative estimate of drug-likeness (QED) is 0.368. The minimum atomic E-state index is -3.31. The Balaban J connectivity index is 4.11. The van der Waals surface area contributed by atoms with Gasteiger partial charge >= 0.3 is 141 Å². The maximum absolute atomic E-state index is 12.0. The van der Waals surface area contributed by atoms with Crippen LogP contribution in [0, 0.1) is 11.8 Å². The summed E-state index contributed by atoms with van der Waals surface area (Å²) < 4.78 is 30.1. The molecule has 0 saturated heterocycles. The Morgan fingerprint density at radius 3 is 1.90 bits per heavy atom. The van der Waals surface area contributed by atoms with Crippen LogP contribution in [0.2, 0.25) is 4.64 Å². The van der Waals surface area contributed by atoms with E-state index in [0.717, 1.165) is 43.2 Å². The van der Waals surface area contributed by atoms with Crippen molar-refractivity contribution >= 4 is 7.58 Å². The predicted molar refractivity (Wildman–Crippen MR) is 86.3 cm³/mol. The van der Waals surface area contributed by atoms with Gasteiger partial charge in [-0.2, -0.15) is 0 Å². The molecule has 2 unspecified atom stereocenters. The zero-order valence-corrected chi connectivity index (χ0v) is 16.5. The van der Waals surface area contributed by atoms with E-state index in [-0.39, 0.29) is 18.4 Å². The van der Waals surface area contributed by atoms with Crippen molar-refractivity contribution in [3.05, 3.63) is 0 Å². The van der Waals surface area contributed by atoms with Gasteiger partial charge in [0.25, 0.3) is 0 Å². The molecule has 0 bridgehead atoms. The van der Waals surface area contributed by atoms with Crippen molar-refractivity contribution in [1.82, 2.24) is 0 Å². The second kappa shape index (κ2) is 13.1. The molecule has 5 heteroatoms. The number of hydrogen-bond acceptors (Lipinski definition) is 3. The Morgan fingerprint density at radius 1 is 0.905 bits per heavy atom. The van der Waals surface area contributed by atoms with Crippen LogP contribution in [0.15, 0.2) is 0 Å². The molecule has 0 spiro atoms. The van der Waals surface area contributed by atoms with Crippen LogP contribution in [-0.2, 0) is 30.2 Å². The van der Waals surface area contributed by atoms with Crippen LogP contribution in [-0.4, -0.2) is 15.0 Å². The molecule has 0 aliphatic heterocycles. The van der Waals surface area contributed by atoms with Crippen LogP contribution in [0.25, 0.3) is 0 Å². The monoisotopic (exact) mass is 413 g/mol. The first-order valence-corrected chi connectivity index (χ1v) is 12.5. The van der Waals surface area contributed by atoms with Crippen LogP contribution in [0.4, 0.5) is 0 Å². The second-order valence-electron chi connectivity index (χ2n) is 5.68. The van der Waals surface area contributed by atoms with Gasteiger partial charge in [-0.05, 0) is 0 Å². The molecular weight excluding hydrogens is 380 g/mol. The molecule has 0 rings (SSSR count). The number of unbranched alkanes of at least 4 members (excludes halogenated alkanes) is 2. The van der Waals surface area contributed by atoms with E-state index in [2.05, 4.69) is 27.7 Å². The summed E-state index contributed by atoms with van der Waals surface area (Å²) in [4.78, 5) is 0. The van der Waals surface area contributed by atoms with Gasteiger partial charge in [0, 0.05) is 0 Å². The van der Waals surface area contributed by atoms with Gasteiger partial charge in [0.2, 0.25) is 0 Å². The Hall–Kier alpha value is 0.650. The summed E-state index contributed by atoms with van der Waals surface area (Å²) in [6, 6.07) is 0. The Morgan fingerprint density at radius 2 is 1.43 bits per heavy atom. The summed E-state index contributed by atoms with van der Waals surface area (Å²) in [6.07, 6.45) is 8.95. The molecule has 2 atom stereocenters. The molecule has 0 fully saturated rings. The van der Waals surface area contributed by atoms with Crippen molar-refractivity contribution in [2.24, 2.45) is 11.8 Å². The fourth-order valence-corrected chi connectivity index (χ4v) is 6.09. The van der Waals surface area contributed by atoms with Crippen LogP contribution < -0.4 is 0 Å². The van der Waals surface area contributed by atoms with Crippen molar-refractivity contribution in [3.8, 4) is 0 Å². The fourth-order valence-electron chi connectivity index (χ4n) is 2.07. The zero-order valence-electron chi connectivity index (χ0n) is 14.2. The molecule has 0 aromatic rings. The summed E-state index contributed by atoms with van der Waals surface area (Å²) in [6.45, 7) is 8.97. The van der Waals surface area contributed by atoms with Gasteiger partial charge in [0.05, 0.1) is 0 Å². The van der Waals surface area contributed by atoms with Crippen LogP contribution in [0.3, 0.4) is 0 Å². The van der Waals surface area contributed by atoms with Crippen molar-refractivity contribution < 1.29 is 31.0 Å². The molecule has 0 N–H and O–H groups in total. The molecule has 0 aromatic carbocycles. The van der Waals surface area contributed by atoms with E-state index < -0.39 is 7.58 Å². The van der Waals surface area contributed by atoms with Gasteiger partial charge in [0.15, 0.2) is 0 Å². The SMILES string of the molecule is CCCCC(CC)CO[S](=O)(=O)[Ag][CH2]C(CC)CCCC. The minimum absolute atomic E-state index is 0.111. The molecule has 0 heterocycles. The maximum atomic E-state index is 12.0. The first-order chi connectivity index (χ1) is 9.99. The standard InChI is InChI=1S/C8H17O3S.C8H17.Ag/c1-3-5-6-8(4-2)7-11-12(9)10;1-4-6-7-8(3)5-2;/h8H,3-7H2,1-2H3;8H,3-7H2,1-2H3;. The van der Waals surface area contributed by atoms with E-state index in [1.165, 1.54) is 12.8 Å². The van der Waals surface area contributed by atoms with E-state index in [1.54, 1.807) is 0 Å². The van der Waals surface area contributed by atoms with Crippen molar-refractivity contribution in [3.63, 3.8) is 0 Å². The zero-order chi connectivity index (χ0) is 16.1. The normalized spacial score (nSPS) is 15.2. The second-order valence-corrected chi connectivity index (χ2v) is 10.9. The molecule has 133 valence electrons. The van der Waals surface area contributed by atoms with Gasteiger partial charge in [-0.1, -0.05) is 0 Å². The van der Waals surface area contributed by atoms with Gasteiger partial charge in [-0.25, -0.2) is 0 Å². The average Bonchev–Trinajstić information content (AvgIpc) is 2.47. The van der Waals surface area contributed by atoms with Crippen molar-refractivity contribution in [2.75, 3.05) is 6.61 Å². The van der Waals surface area contributed by atoms with E-state index in [4.69, 9.17) is 4.18 Å². The van der Waals surface area contributed by atoms with Gasteiger partial charge in [-0.3, -0.25) is 0 Å². The molecule has 0 aliphatic carbocycles. The van der Waals surface area contributed by atoms with E-state index >= 15 is 0 Å². The van der Waals surface area contributed by atoms with Crippen LogP contribution in [0.1, 0.15) is 79.1 Å². The number of hydrogen-bond donors (Lipinski definition) is 0. The molecule has 0 aliphatic rings. The first-order valence-electron chi connectivity index (χ1n) is 8.40. The Kier molecular flexibility index (Phi) is 13.5. The molecule has 3 nitrogen and oxygen atoms in total. The Bertz CT molecular complexity index is 304. The molecule has 0 saturated carbocycles. The first kappa shape index (κ1) is 21.7. The van der Waals surface area contributed by atoms with Gasteiger partial charge < -0.3 is 0 Å². The summed E-state index contributed by atoms with van der Waals surface area (Å²) in [5.41, 5.74) is 0. The van der Waals surface area contributed by atoms with Crippen LogP contribution >= 0.6 is 0 Å². The van der Waals surface area contributed by atoms with E-state index in [1.807, 2.05) is 0 Å². The average molecular weight is 414 g/mol. The molecule has 0 radical (unpaired) electrons. The fraction of sp³-hybridized carbons (Fsp3) is 1.00. The third kappa shape index (κ3) is 11.8. The third-order valence-corrected chi connectivity index (χ3v) is 8.26. The van der Waals surface area contributed by atoms with Gasteiger partial charge in [0.1, 0.15) is 0 Å². The predicted octanol–water partition coefficient (Wildman–Crippen LogP) is 5.18. The van der Waals surface area contributed by atoms with Crippen molar-refractivity contribution in [1.29, 1.82) is 0 Å². The topological polar surface area (TPSA) is 43.4 Å². The summed E-state index contributed by atoms with van der Waals surface area (Å²) in [5.74, 6) is 0.914.